The molecule has 3 saturated heterocycles. The lowest BCUT2D eigenvalue weighted by Gasteiger charge is -2.47. The lowest BCUT2D eigenvalue weighted by atomic mass is 9.90. The minimum atomic E-state index is -0.591. The first-order chi connectivity index (χ1) is 20.0. The summed E-state index contributed by atoms with van der Waals surface area (Å²) in [5, 5.41) is 17.4. The van der Waals surface area contributed by atoms with E-state index in [1.807, 2.05) is 33.9 Å². The Morgan fingerprint density at radius 3 is 2.60 bits per heavy atom. The summed E-state index contributed by atoms with van der Waals surface area (Å²) in [5.41, 5.74) is 3.20. The number of allylic oxidation sites excluding steroid dienone is 1. The molecule has 5 aliphatic rings. The van der Waals surface area contributed by atoms with E-state index in [1.165, 1.54) is 0 Å². The Bertz CT molecular complexity index is 1320. The molecule has 0 spiro atoms. The highest BCUT2D eigenvalue weighted by Gasteiger charge is 2.43. The van der Waals surface area contributed by atoms with E-state index < -0.39 is 11.3 Å². The maximum absolute atomic E-state index is 12.4. The third kappa shape index (κ3) is 5.50. The number of hydrogen-bond acceptors (Lipinski definition) is 10. The maximum Gasteiger partial charge on any atom is 0.410 e. The van der Waals surface area contributed by atoms with Gasteiger partial charge in [0.1, 0.15) is 23.4 Å². The molecular weight excluding hydrogens is 534 g/mol. The number of fused-ring (bicyclic) bond motifs is 2. The Morgan fingerprint density at radius 1 is 1.21 bits per heavy atom. The number of carbonyl (C=O) groups is 1. The largest absolute Gasteiger partial charge is 0.481 e. The number of likely N-dealkylation sites (tertiary alicyclic amines) is 2. The number of carbonyl (C=O) groups excluding carboxylic acids is 1. The fourth-order valence-electron chi connectivity index (χ4n) is 6.79. The van der Waals surface area contributed by atoms with Crippen LogP contribution in [0, 0.1) is 11.3 Å². The van der Waals surface area contributed by atoms with Gasteiger partial charge in [0.25, 0.3) is 0 Å². The highest BCUT2D eigenvalue weighted by molar-refractivity contribution is 5.69. The summed E-state index contributed by atoms with van der Waals surface area (Å²) >= 11 is 0. The van der Waals surface area contributed by atoms with Crippen LogP contribution in [-0.4, -0.2) is 102 Å². The number of nitriles is 1. The van der Waals surface area contributed by atoms with Gasteiger partial charge >= 0.3 is 6.09 Å². The summed E-state index contributed by atoms with van der Waals surface area (Å²) in [6.45, 7) is 16.2. The van der Waals surface area contributed by atoms with Gasteiger partial charge in [0, 0.05) is 62.7 Å². The average Bonchev–Trinajstić information content (AvgIpc) is 3.04. The Morgan fingerprint density at radius 2 is 1.93 bits per heavy atom. The lowest BCUT2D eigenvalue weighted by Crippen LogP contribution is -2.62. The summed E-state index contributed by atoms with van der Waals surface area (Å²) < 4.78 is 17.6. The van der Waals surface area contributed by atoms with Crippen molar-refractivity contribution >= 4 is 11.8 Å². The Hall–Kier alpha value is -3.49. The van der Waals surface area contributed by atoms with Crippen LogP contribution < -0.4 is 15.4 Å². The zero-order chi connectivity index (χ0) is 29.6. The molecule has 0 bridgehead atoms. The van der Waals surface area contributed by atoms with Crippen LogP contribution in [0.3, 0.4) is 0 Å². The first-order valence-corrected chi connectivity index (χ1v) is 15.2. The van der Waals surface area contributed by atoms with Gasteiger partial charge in [-0.1, -0.05) is 0 Å². The van der Waals surface area contributed by atoms with Crippen molar-refractivity contribution in [3.8, 4) is 11.8 Å². The van der Waals surface area contributed by atoms with Gasteiger partial charge in [-0.05, 0) is 72.7 Å². The maximum atomic E-state index is 12.4. The van der Waals surface area contributed by atoms with Crippen molar-refractivity contribution in [3.63, 3.8) is 0 Å². The van der Waals surface area contributed by atoms with Gasteiger partial charge in [-0.25, -0.2) is 9.78 Å². The van der Waals surface area contributed by atoms with E-state index in [-0.39, 0.29) is 19.5 Å². The fourth-order valence-corrected chi connectivity index (χ4v) is 6.79. The van der Waals surface area contributed by atoms with E-state index in [0.717, 1.165) is 61.7 Å². The Balaban J connectivity index is 0.00000368. The summed E-state index contributed by atoms with van der Waals surface area (Å²) in [5.74, 6) is 0.753. The number of hydrogen-bond donors (Lipinski definition) is 2. The number of piperidine rings is 1. The number of nitrogens with zero attached hydrogens (tertiary/aromatic N) is 5. The molecule has 6 rings (SSSR count). The monoisotopic (exact) mass is 579 g/mol. The van der Waals surface area contributed by atoms with E-state index in [0.29, 0.717) is 43.8 Å². The van der Waals surface area contributed by atoms with Crippen molar-refractivity contribution in [2.75, 3.05) is 57.8 Å². The van der Waals surface area contributed by atoms with Crippen molar-refractivity contribution in [1.29, 1.82) is 5.26 Å². The number of dihydropyridines is 1. The van der Waals surface area contributed by atoms with Crippen molar-refractivity contribution < 1.29 is 20.4 Å². The fraction of sp³-hybridized carbons (Fsp3) is 0.645. The second kappa shape index (κ2) is 11.0. The van der Waals surface area contributed by atoms with Gasteiger partial charge in [-0.15, -0.1) is 0 Å². The number of pyridine rings is 1. The van der Waals surface area contributed by atoms with Gasteiger partial charge in [0.05, 0.1) is 18.9 Å². The molecular formula is C31H45N7O4. The molecule has 11 heteroatoms. The summed E-state index contributed by atoms with van der Waals surface area (Å²) in [7, 11) is 0. The number of anilines is 1. The smallest absolute Gasteiger partial charge is 0.410 e. The molecule has 1 aromatic heterocycles. The molecule has 5 aliphatic heterocycles. The minimum Gasteiger partial charge on any atom is -0.481 e. The first kappa shape index (κ1) is 28.6. The van der Waals surface area contributed by atoms with Crippen LogP contribution in [0.15, 0.2) is 29.6 Å². The SMILES string of the molecule is CC1Oc2c(cc(C3CCN(C4CN(C(=O)OC(C)(C)C)C4)CC3)nc2C#N)NC2(C)NC=CC(N3CCOCC3)=C12.[HH]. The van der Waals surface area contributed by atoms with Crippen LogP contribution >= 0.6 is 0 Å². The van der Waals surface area contributed by atoms with Crippen LogP contribution in [-0.2, 0) is 9.47 Å². The zero-order valence-electron chi connectivity index (χ0n) is 25.4. The molecule has 228 valence electrons. The molecule has 3 fully saturated rings. The van der Waals surface area contributed by atoms with Gasteiger partial charge in [-0.2, -0.15) is 5.26 Å². The number of ether oxygens (including phenoxy) is 3. The summed E-state index contributed by atoms with van der Waals surface area (Å²) in [6, 6.07) is 4.76. The Kier molecular flexibility index (Phi) is 7.48. The summed E-state index contributed by atoms with van der Waals surface area (Å²) in [6.07, 6.45) is 5.49. The van der Waals surface area contributed by atoms with Gasteiger partial charge < -0.3 is 34.6 Å². The van der Waals surface area contributed by atoms with Crippen LogP contribution in [0.2, 0.25) is 0 Å². The van der Waals surface area contributed by atoms with E-state index >= 15 is 0 Å². The number of rotatable bonds is 3. The number of aromatic nitrogens is 1. The number of nitrogens with one attached hydrogen (secondary N) is 2. The van der Waals surface area contributed by atoms with E-state index in [9.17, 15) is 10.1 Å². The van der Waals surface area contributed by atoms with Crippen molar-refractivity contribution in [2.24, 2.45) is 0 Å². The second-order valence-electron chi connectivity index (χ2n) is 13.1. The number of morpholine rings is 1. The van der Waals surface area contributed by atoms with E-state index in [4.69, 9.17) is 19.2 Å². The van der Waals surface area contributed by atoms with Gasteiger partial charge in [-0.3, -0.25) is 4.90 Å². The average molecular weight is 580 g/mol. The van der Waals surface area contributed by atoms with Gasteiger partial charge in [0.2, 0.25) is 0 Å². The molecule has 2 N–H and O–H groups in total. The van der Waals surface area contributed by atoms with Crippen molar-refractivity contribution in [3.05, 3.63) is 41.0 Å². The van der Waals surface area contributed by atoms with Gasteiger partial charge in [0.15, 0.2) is 11.4 Å². The quantitative estimate of drug-likeness (QED) is 0.550. The predicted octanol–water partition coefficient (Wildman–Crippen LogP) is 3.61. The standard InChI is InChI=1S/C31H43N7O4.H2/c1-20-27-26(37-12-14-40-15-13-37)6-9-33-31(27,5)35-24-16-23(34-25(17-32)28(24)41-20)21-7-10-36(11-8-21)22-18-38(19-22)29(39)42-30(2,3)4;/h6,9,16,20-22,33,35H,7-8,10-15,18-19H2,1-5H3;1H. The van der Waals surface area contributed by atoms with Crippen LogP contribution in [0.1, 0.15) is 66.2 Å². The van der Waals surface area contributed by atoms with Crippen molar-refractivity contribution in [2.45, 2.75) is 76.8 Å². The molecule has 2 atom stereocenters. The topological polar surface area (TPSA) is 115 Å². The molecule has 11 nitrogen and oxygen atoms in total. The normalized spacial score (nSPS) is 27.0. The number of amides is 1. The second-order valence-corrected chi connectivity index (χ2v) is 13.1. The molecule has 0 radical (unpaired) electrons. The minimum absolute atomic E-state index is 0. The lowest BCUT2D eigenvalue weighted by molar-refractivity contribution is -0.0197. The third-order valence-electron chi connectivity index (χ3n) is 8.94. The molecule has 6 heterocycles. The van der Waals surface area contributed by atoms with E-state index in [2.05, 4.69) is 45.6 Å². The molecule has 0 aromatic carbocycles. The molecule has 1 amide bonds. The molecule has 42 heavy (non-hydrogen) atoms. The summed E-state index contributed by atoms with van der Waals surface area (Å²) in [4.78, 5) is 23.8. The van der Waals surface area contributed by atoms with E-state index in [1.54, 1.807) is 4.90 Å². The first-order valence-electron chi connectivity index (χ1n) is 15.2. The molecule has 0 saturated carbocycles. The Labute approximate surface area is 249 Å². The van der Waals surface area contributed by atoms with Crippen LogP contribution in [0.4, 0.5) is 10.5 Å². The molecule has 0 aliphatic carbocycles. The van der Waals surface area contributed by atoms with Crippen molar-refractivity contribution in [1.82, 2.24) is 25.0 Å². The highest BCUT2D eigenvalue weighted by Crippen LogP contribution is 2.43. The van der Waals surface area contributed by atoms with Crippen LogP contribution in [0.5, 0.6) is 5.75 Å². The highest BCUT2D eigenvalue weighted by atomic mass is 16.6. The molecule has 1 aromatic rings. The zero-order valence-corrected chi connectivity index (χ0v) is 25.4. The third-order valence-corrected chi connectivity index (χ3v) is 8.94. The predicted molar refractivity (Wildman–Crippen MR) is 160 cm³/mol. The molecule has 2 unspecified atom stereocenters. The van der Waals surface area contributed by atoms with Crippen LogP contribution in [0.25, 0.3) is 0 Å².